The summed E-state index contributed by atoms with van der Waals surface area (Å²) in [5.41, 5.74) is 6.15. The first-order valence-corrected chi connectivity index (χ1v) is 8.43. The summed E-state index contributed by atoms with van der Waals surface area (Å²) in [5, 5.41) is 0. The van der Waals surface area contributed by atoms with Crippen LogP contribution in [0.5, 0.6) is 0 Å². The van der Waals surface area contributed by atoms with Gasteiger partial charge in [0.15, 0.2) is 0 Å². The number of likely N-dealkylation sites (tertiary alicyclic amines) is 1. The minimum atomic E-state index is 0.577. The van der Waals surface area contributed by atoms with Crippen molar-refractivity contribution in [3.8, 4) is 0 Å². The van der Waals surface area contributed by atoms with Crippen molar-refractivity contribution in [2.45, 2.75) is 63.5 Å². The lowest BCUT2D eigenvalue weighted by Gasteiger charge is -2.41. The molecule has 0 radical (unpaired) electrons. The van der Waals surface area contributed by atoms with Crippen LogP contribution in [-0.4, -0.2) is 43.3 Å². The van der Waals surface area contributed by atoms with Crippen molar-refractivity contribution in [1.29, 1.82) is 0 Å². The van der Waals surface area contributed by atoms with Crippen LogP contribution in [-0.2, 0) is 4.74 Å². The van der Waals surface area contributed by atoms with Crippen LogP contribution < -0.4 is 5.73 Å². The van der Waals surface area contributed by atoms with Crippen LogP contribution in [0.4, 0.5) is 0 Å². The molecule has 0 spiro atoms. The van der Waals surface area contributed by atoms with Gasteiger partial charge in [-0.15, -0.1) is 0 Å². The topological polar surface area (TPSA) is 38.5 Å². The standard InChI is InChI=1S/C16H30N2O/c17-11-16(14-7-4-10-19-12-14)18-9-3-8-15(18)13-5-1-2-6-13/h13-16H,1-12,17H2. The van der Waals surface area contributed by atoms with E-state index in [0.717, 1.165) is 31.7 Å². The van der Waals surface area contributed by atoms with Crippen LogP contribution >= 0.6 is 0 Å². The second-order valence-electron chi connectivity index (χ2n) is 6.77. The van der Waals surface area contributed by atoms with E-state index in [-0.39, 0.29) is 0 Å². The highest BCUT2D eigenvalue weighted by molar-refractivity contribution is 4.93. The van der Waals surface area contributed by atoms with Crippen molar-refractivity contribution < 1.29 is 4.74 Å². The molecule has 3 nitrogen and oxygen atoms in total. The molecule has 2 aliphatic heterocycles. The largest absolute Gasteiger partial charge is 0.381 e. The molecule has 2 saturated heterocycles. The smallest absolute Gasteiger partial charge is 0.0509 e. The van der Waals surface area contributed by atoms with Crippen LogP contribution in [0.2, 0.25) is 0 Å². The van der Waals surface area contributed by atoms with Crippen LogP contribution in [0, 0.1) is 11.8 Å². The van der Waals surface area contributed by atoms with Gasteiger partial charge < -0.3 is 10.5 Å². The molecule has 1 aliphatic carbocycles. The highest BCUT2D eigenvalue weighted by Crippen LogP contribution is 2.38. The molecule has 19 heavy (non-hydrogen) atoms. The number of hydrogen-bond donors (Lipinski definition) is 1. The summed E-state index contributed by atoms with van der Waals surface area (Å²) in [4.78, 5) is 2.79. The molecule has 3 fully saturated rings. The Labute approximate surface area is 117 Å². The molecule has 110 valence electrons. The molecule has 0 aromatic rings. The zero-order chi connectivity index (χ0) is 13.1. The van der Waals surface area contributed by atoms with Crippen molar-refractivity contribution in [2.24, 2.45) is 17.6 Å². The van der Waals surface area contributed by atoms with Gasteiger partial charge in [0.1, 0.15) is 0 Å². The van der Waals surface area contributed by atoms with Gasteiger partial charge in [0.2, 0.25) is 0 Å². The summed E-state index contributed by atoms with van der Waals surface area (Å²) in [7, 11) is 0. The van der Waals surface area contributed by atoms with Crippen molar-refractivity contribution in [3.63, 3.8) is 0 Å². The Balaban J connectivity index is 1.66. The SMILES string of the molecule is NCC(C1CCCOC1)N1CCCC1C1CCCC1. The van der Waals surface area contributed by atoms with Crippen LogP contribution in [0.3, 0.4) is 0 Å². The van der Waals surface area contributed by atoms with Gasteiger partial charge in [0, 0.05) is 25.2 Å². The highest BCUT2D eigenvalue weighted by atomic mass is 16.5. The van der Waals surface area contributed by atoms with Crippen molar-refractivity contribution in [3.05, 3.63) is 0 Å². The van der Waals surface area contributed by atoms with E-state index >= 15 is 0 Å². The van der Waals surface area contributed by atoms with E-state index < -0.39 is 0 Å². The van der Waals surface area contributed by atoms with Crippen molar-refractivity contribution >= 4 is 0 Å². The fraction of sp³-hybridized carbons (Fsp3) is 1.00. The quantitative estimate of drug-likeness (QED) is 0.849. The average molecular weight is 266 g/mol. The Morgan fingerprint density at radius 2 is 1.89 bits per heavy atom. The molecule has 3 heteroatoms. The number of rotatable bonds is 4. The normalized spacial score (nSPS) is 35.8. The maximum Gasteiger partial charge on any atom is 0.0509 e. The van der Waals surface area contributed by atoms with E-state index in [4.69, 9.17) is 10.5 Å². The Hall–Kier alpha value is -0.120. The lowest BCUT2D eigenvalue weighted by molar-refractivity contribution is 0.00145. The first-order chi connectivity index (χ1) is 9.40. The van der Waals surface area contributed by atoms with E-state index in [1.807, 2.05) is 0 Å². The Bertz CT molecular complexity index is 272. The molecule has 0 aromatic carbocycles. The summed E-state index contributed by atoms with van der Waals surface area (Å²) < 4.78 is 5.70. The molecular formula is C16H30N2O. The van der Waals surface area contributed by atoms with Gasteiger partial charge in [-0.1, -0.05) is 12.8 Å². The van der Waals surface area contributed by atoms with Crippen molar-refractivity contribution in [1.82, 2.24) is 4.90 Å². The molecule has 1 saturated carbocycles. The second kappa shape index (κ2) is 6.55. The molecule has 2 heterocycles. The second-order valence-corrected chi connectivity index (χ2v) is 6.77. The van der Waals surface area contributed by atoms with Gasteiger partial charge in [-0.05, 0) is 56.9 Å². The summed E-state index contributed by atoms with van der Waals surface area (Å²) in [6, 6.07) is 1.41. The number of nitrogens with zero attached hydrogens (tertiary/aromatic N) is 1. The maximum absolute atomic E-state index is 6.15. The van der Waals surface area contributed by atoms with Gasteiger partial charge in [-0.3, -0.25) is 4.90 Å². The van der Waals surface area contributed by atoms with E-state index in [1.54, 1.807) is 0 Å². The van der Waals surface area contributed by atoms with Gasteiger partial charge in [0.05, 0.1) is 6.61 Å². The van der Waals surface area contributed by atoms with Crippen LogP contribution in [0.15, 0.2) is 0 Å². The first-order valence-electron chi connectivity index (χ1n) is 8.43. The van der Waals surface area contributed by atoms with Gasteiger partial charge in [-0.2, -0.15) is 0 Å². The van der Waals surface area contributed by atoms with E-state index in [2.05, 4.69) is 4.90 Å². The van der Waals surface area contributed by atoms with E-state index in [0.29, 0.717) is 12.0 Å². The minimum Gasteiger partial charge on any atom is -0.381 e. The average Bonchev–Trinajstić information content (AvgIpc) is 3.11. The Kier molecular flexibility index (Phi) is 4.78. The molecule has 0 aromatic heterocycles. The molecule has 3 aliphatic rings. The highest BCUT2D eigenvalue weighted by Gasteiger charge is 2.39. The Morgan fingerprint density at radius 1 is 1.05 bits per heavy atom. The zero-order valence-corrected chi connectivity index (χ0v) is 12.2. The zero-order valence-electron chi connectivity index (χ0n) is 12.2. The third kappa shape index (κ3) is 2.98. The van der Waals surface area contributed by atoms with Gasteiger partial charge >= 0.3 is 0 Å². The molecular weight excluding hydrogens is 236 g/mol. The van der Waals surface area contributed by atoms with Gasteiger partial charge in [-0.25, -0.2) is 0 Å². The fourth-order valence-electron chi connectivity index (χ4n) is 4.74. The number of ether oxygens (including phenoxy) is 1. The fourth-order valence-corrected chi connectivity index (χ4v) is 4.74. The van der Waals surface area contributed by atoms with Gasteiger partial charge in [0.25, 0.3) is 0 Å². The monoisotopic (exact) mass is 266 g/mol. The summed E-state index contributed by atoms with van der Waals surface area (Å²) >= 11 is 0. The van der Waals surface area contributed by atoms with Crippen molar-refractivity contribution in [2.75, 3.05) is 26.3 Å². The van der Waals surface area contributed by atoms with Crippen LogP contribution in [0.1, 0.15) is 51.4 Å². The predicted octanol–water partition coefficient (Wildman–Crippen LogP) is 2.39. The summed E-state index contributed by atoms with van der Waals surface area (Å²) in [6.07, 6.45) is 11.2. The predicted molar refractivity (Wildman–Crippen MR) is 78.1 cm³/mol. The molecule has 2 N–H and O–H groups in total. The number of hydrogen-bond acceptors (Lipinski definition) is 3. The molecule has 0 amide bonds. The molecule has 3 unspecified atom stereocenters. The molecule has 0 bridgehead atoms. The molecule has 3 atom stereocenters. The first kappa shape index (κ1) is 13.8. The lowest BCUT2D eigenvalue weighted by atomic mass is 9.89. The minimum absolute atomic E-state index is 0.577. The third-order valence-corrected chi connectivity index (χ3v) is 5.69. The third-order valence-electron chi connectivity index (χ3n) is 5.69. The summed E-state index contributed by atoms with van der Waals surface area (Å²) in [5.74, 6) is 1.64. The lowest BCUT2D eigenvalue weighted by Crippen LogP contribution is -2.51. The van der Waals surface area contributed by atoms with E-state index in [9.17, 15) is 0 Å². The van der Waals surface area contributed by atoms with Crippen LogP contribution in [0.25, 0.3) is 0 Å². The summed E-state index contributed by atoms with van der Waals surface area (Å²) in [6.45, 7) is 3.99. The maximum atomic E-state index is 6.15. The van der Waals surface area contributed by atoms with E-state index in [1.165, 1.54) is 57.9 Å². The molecule has 3 rings (SSSR count). The number of nitrogens with two attached hydrogens (primary N) is 1. The Morgan fingerprint density at radius 3 is 2.58 bits per heavy atom.